The average molecular weight is 503 g/mol. The summed E-state index contributed by atoms with van der Waals surface area (Å²) in [5.41, 5.74) is -2.96. The minimum Gasteiger partial charge on any atom is -0.481 e. The van der Waals surface area contributed by atoms with Gasteiger partial charge in [0, 0.05) is 0 Å². The third-order valence-electron chi connectivity index (χ3n) is 5.96. The van der Waals surface area contributed by atoms with Crippen molar-refractivity contribution in [1.82, 2.24) is 0 Å². The molecule has 0 aromatic rings. The van der Waals surface area contributed by atoms with Crippen molar-refractivity contribution in [2.45, 2.75) is 108 Å². The topological polar surface area (TPSA) is 183 Å². The average Bonchev–Trinajstić information content (AvgIpc) is 2.64. The molecule has 0 spiro atoms. The summed E-state index contributed by atoms with van der Waals surface area (Å²) in [7, 11) is -12.2. The van der Waals surface area contributed by atoms with Crippen LogP contribution in [-0.4, -0.2) is 52.2 Å². The molecule has 0 aromatic carbocycles. The summed E-state index contributed by atoms with van der Waals surface area (Å²) in [5.74, 6) is -4.64. The number of aliphatic carboxylic acids is 2. The third kappa shape index (κ3) is 7.13. The molecule has 0 aliphatic heterocycles. The minimum atomic E-state index is -6.11. The first kappa shape index (κ1) is 30.8. The number of carboxylic acids is 2. The van der Waals surface area contributed by atoms with Gasteiger partial charge in [0.1, 0.15) is 5.41 Å². The van der Waals surface area contributed by atoms with E-state index in [0.29, 0.717) is 25.7 Å². The fourth-order valence-electron chi connectivity index (χ4n) is 4.28. The number of hydrogen-bond donors (Lipinski definition) is 4. The van der Waals surface area contributed by atoms with Crippen molar-refractivity contribution in [1.29, 1.82) is 0 Å². The van der Waals surface area contributed by atoms with Gasteiger partial charge >= 0.3 is 16.0 Å². The van der Waals surface area contributed by atoms with Gasteiger partial charge in [-0.1, -0.05) is 90.9 Å². The molecule has 0 aliphatic carbocycles. The molecular weight excluding hydrogens is 464 g/mol. The summed E-state index contributed by atoms with van der Waals surface area (Å²) >= 11 is 0. The van der Waals surface area contributed by atoms with Crippen molar-refractivity contribution >= 4 is 32.2 Å². The molecule has 0 radical (unpaired) electrons. The maximum atomic E-state index is 12.4. The number of carboxylic acid groups (broad SMARTS) is 2. The summed E-state index contributed by atoms with van der Waals surface area (Å²) in [6.45, 7) is 3.99. The lowest BCUT2D eigenvalue weighted by Gasteiger charge is -2.40. The smallest absolute Gasteiger partial charge is 0.347 e. The van der Waals surface area contributed by atoms with E-state index < -0.39 is 54.5 Å². The van der Waals surface area contributed by atoms with Gasteiger partial charge in [0.15, 0.2) is 0 Å². The molecule has 0 fully saturated rings. The Labute approximate surface area is 191 Å². The molecule has 0 saturated heterocycles. The van der Waals surface area contributed by atoms with Crippen LogP contribution in [0.4, 0.5) is 0 Å². The van der Waals surface area contributed by atoms with E-state index in [0.717, 1.165) is 38.5 Å². The lowest BCUT2D eigenvalue weighted by atomic mass is 9.74. The Kier molecular flexibility index (Phi) is 12.9. The maximum absolute atomic E-state index is 12.4. The van der Waals surface area contributed by atoms with Crippen molar-refractivity contribution in [3.8, 4) is 0 Å². The maximum Gasteiger partial charge on any atom is 0.347 e. The van der Waals surface area contributed by atoms with Gasteiger partial charge in [-0.15, -0.1) is 0 Å². The van der Waals surface area contributed by atoms with E-state index >= 15 is 0 Å². The zero-order valence-corrected chi connectivity index (χ0v) is 20.6. The van der Waals surface area contributed by atoms with E-state index in [-0.39, 0.29) is 12.8 Å². The van der Waals surface area contributed by atoms with Crippen LogP contribution in [0.1, 0.15) is 104 Å². The van der Waals surface area contributed by atoms with Gasteiger partial charge in [0.25, 0.3) is 20.2 Å². The standard InChI is InChI=1S/C20H38O10S2/c1-3-5-7-9-11-13-15-19(17(21)22,16-14-12-10-8-6-4-2)20(18(23)24,31(25,26)27)32(28,29)30/h3-16H2,1-2H3,(H,21,22)(H,23,24)(H,25,26,27)(H,28,29,30). The second-order valence-corrected chi connectivity index (χ2v) is 11.7. The summed E-state index contributed by atoms with van der Waals surface area (Å²) in [6, 6.07) is 0. The predicted molar refractivity (Wildman–Crippen MR) is 120 cm³/mol. The molecule has 12 heteroatoms. The van der Waals surface area contributed by atoms with Crippen molar-refractivity contribution in [2.75, 3.05) is 0 Å². The van der Waals surface area contributed by atoms with E-state index in [1.54, 1.807) is 0 Å². The van der Waals surface area contributed by atoms with Crippen LogP contribution < -0.4 is 0 Å². The van der Waals surface area contributed by atoms with Gasteiger partial charge in [0.2, 0.25) is 0 Å². The van der Waals surface area contributed by atoms with Crippen LogP contribution in [-0.2, 0) is 29.8 Å². The quantitative estimate of drug-likeness (QED) is 0.148. The van der Waals surface area contributed by atoms with Gasteiger partial charge in [-0.25, -0.2) is 4.79 Å². The highest BCUT2D eigenvalue weighted by Crippen LogP contribution is 2.50. The molecule has 0 aromatic heterocycles. The predicted octanol–water partition coefficient (Wildman–Crippen LogP) is 4.12. The highest BCUT2D eigenvalue weighted by molar-refractivity contribution is 8.06. The largest absolute Gasteiger partial charge is 0.481 e. The molecule has 32 heavy (non-hydrogen) atoms. The molecule has 0 rings (SSSR count). The Morgan fingerprint density at radius 3 is 1.16 bits per heavy atom. The van der Waals surface area contributed by atoms with Gasteiger partial charge < -0.3 is 10.2 Å². The summed E-state index contributed by atoms with van der Waals surface area (Å²) in [6.07, 6.45) is 6.32. The molecule has 4 N–H and O–H groups in total. The molecule has 0 bridgehead atoms. The molecular formula is C20H38O10S2. The van der Waals surface area contributed by atoms with Crippen LogP contribution >= 0.6 is 0 Å². The van der Waals surface area contributed by atoms with Crippen LogP contribution in [0.5, 0.6) is 0 Å². The molecule has 0 unspecified atom stereocenters. The van der Waals surface area contributed by atoms with Gasteiger partial charge in [-0.05, 0) is 12.8 Å². The van der Waals surface area contributed by atoms with Crippen LogP contribution in [0.25, 0.3) is 0 Å². The Morgan fingerprint density at radius 1 is 0.594 bits per heavy atom. The van der Waals surface area contributed by atoms with Gasteiger partial charge in [-0.2, -0.15) is 16.8 Å². The number of unbranched alkanes of at least 4 members (excludes halogenated alkanes) is 10. The lowest BCUT2D eigenvalue weighted by Crippen LogP contribution is -2.66. The van der Waals surface area contributed by atoms with E-state index in [1.807, 2.05) is 13.8 Å². The van der Waals surface area contributed by atoms with Gasteiger partial charge in [0.05, 0.1) is 0 Å². The molecule has 190 valence electrons. The van der Waals surface area contributed by atoms with E-state index in [1.165, 1.54) is 0 Å². The first-order valence-corrected chi connectivity index (χ1v) is 14.0. The number of carbonyl (C=O) groups is 2. The van der Waals surface area contributed by atoms with Gasteiger partial charge in [-0.3, -0.25) is 13.9 Å². The van der Waals surface area contributed by atoms with Crippen molar-refractivity contribution < 1.29 is 45.7 Å². The van der Waals surface area contributed by atoms with Crippen LogP contribution in [0.2, 0.25) is 0 Å². The van der Waals surface area contributed by atoms with E-state index in [4.69, 9.17) is 0 Å². The van der Waals surface area contributed by atoms with Crippen LogP contribution in [0, 0.1) is 5.41 Å². The fourth-order valence-corrected chi connectivity index (χ4v) is 7.35. The summed E-state index contributed by atoms with van der Waals surface area (Å²) < 4.78 is 64.0. The highest BCUT2D eigenvalue weighted by Gasteiger charge is 2.76. The first-order chi connectivity index (χ1) is 14.8. The second kappa shape index (κ2) is 13.5. The zero-order valence-electron chi connectivity index (χ0n) is 19.0. The Hall–Kier alpha value is -1.24. The monoisotopic (exact) mass is 502 g/mol. The van der Waals surface area contributed by atoms with Crippen LogP contribution in [0.15, 0.2) is 0 Å². The summed E-state index contributed by atoms with van der Waals surface area (Å²) in [4.78, 5) is 24.5. The van der Waals surface area contributed by atoms with E-state index in [2.05, 4.69) is 0 Å². The fraction of sp³-hybridized carbons (Fsp3) is 0.900. The SMILES string of the molecule is CCCCCCCCC(CCCCCCCC)(C(=O)O)C(C(=O)O)(S(=O)(=O)O)S(=O)(=O)O. The summed E-state index contributed by atoms with van der Waals surface area (Å²) in [5, 5.41) is 19.7. The first-order valence-electron chi connectivity index (χ1n) is 11.2. The molecule has 0 amide bonds. The van der Waals surface area contributed by atoms with E-state index in [9.17, 15) is 45.7 Å². The molecule has 0 atom stereocenters. The molecule has 0 saturated carbocycles. The van der Waals surface area contributed by atoms with Crippen molar-refractivity contribution in [2.24, 2.45) is 5.41 Å². The molecule has 10 nitrogen and oxygen atoms in total. The second-order valence-electron chi connectivity index (χ2n) is 8.29. The number of rotatable bonds is 19. The Balaban J connectivity index is 6.31. The highest BCUT2D eigenvalue weighted by atomic mass is 32.3. The minimum absolute atomic E-state index is 0.0198. The Morgan fingerprint density at radius 2 is 0.906 bits per heavy atom. The zero-order chi connectivity index (χ0) is 25.1. The Bertz CT molecular complexity index is 754. The molecule has 0 aliphatic rings. The van der Waals surface area contributed by atoms with Crippen molar-refractivity contribution in [3.63, 3.8) is 0 Å². The normalized spacial score (nSPS) is 13.2. The third-order valence-corrected chi connectivity index (χ3v) is 9.81. The van der Waals surface area contributed by atoms with Crippen LogP contribution in [0.3, 0.4) is 0 Å². The molecule has 0 heterocycles. The van der Waals surface area contributed by atoms with Crippen molar-refractivity contribution in [3.05, 3.63) is 0 Å². The number of hydrogen-bond acceptors (Lipinski definition) is 6. The lowest BCUT2D eigenvalue weighted by molar-refractivity contribution is -0.158.